The van der Waals surface area contributed by atoms with Crippen LogP contribution in [0.2, 0.25) is 0 Å². The molecule has 0 aliphatic heterocycles. The van der Waals surface area contributed by atoms with Gasteiger partial charge in [0.1, 0.15) is 0 Å². The first-order valence-electron chi connectivity index (χ1n) is 15.3. The van der Waals surface area contributed by atoms with E-state index >= 15 is 9.59 Å². The SMILES string of the molecule is C/C(=C\C[C@]12C[C@H]3C[C@H]4C(C)(C)CC[C@@]4(C1=O)C(=O)[C@](C(=O)c1ccccc1)(C2=O)C3(C)C)CC/C=C/C(C)C. The summed E-state index contributed by atoms with van der Waals surface area (Å²) in [6.45, 7) is 14.6. The molecule has 0 N–H and O–H groups in total. The zero-order valence-corrected chi connectivity index (χ0v) is 25.4. The molecule has 4 nitrogen and oxygen atoms in total. The van der Waals surface area contributed by atoms with Crippen molar-refractivity contribution in [1.29, 1.82) is 0 Å². The molecule has 5 atom stereocenters. The van der Waals surface area contributed by atoms with Gasteiger partial charge in [0.15, 0.2) is 28.5 Å². The van der Waals surface area contributed by atoms with E-state index in [1.165, 1.54) is 0 Å². The number of carbonyl (C=O) groups excluding carboxylic acids is 4. The van der Waals surface area contributed by atoms with Crippen LogP contribution in [-0.2, 0) is 14.4 Å². The smallest absolute Gasteiger partial charge is 0.184 e. The summed E-state index contributed by atoms with van der Waals surface area (Å²) in [4.78, 5) is 59.7. The number of carbonyl (C=O) groups is 4. The predicted octanol–water partition coefficient (Wildman–Crippen LogP) is 7.76. The van der Waals surface area contributed by atoms with Crippen LogP contribution in [0.4, 0.5) is 0 Å². The fourth-order valence-electron chi connectivity index (χ4n) is 9.15. The van der Waals surface area contributed by atoms with Crippen molar-refractivity contribution >= 4 is 23.1 Å². The maximum absolute atomic E-state index is 15.1. The lowest BCUT2D eigenvalue weighted by atomic mass is 9.37. The third-order valence-electron chi connectivity index (χ3n) is 11.6. The summed E-state index contributed by atoms with van der Waals surface area (Å²) < 4.78 is 0. The highest BCUT2D eigenvalue weighted by Crippen LogP contribution is 2.75. The van der Waals surface area contributed by atoms with Gasteiger partial charge in [-0.25, -0.2) is 0 Å². The molecule has 40 heavy (non-hydrogen) atoms. The fourth-order valence-corrected chi connectivity index (χ4v) is 9.15. The number of allylic oxidation sites excluding steroid dienone is 4. The summed E-state index contributed by atoms with van der Waals surface area (Å²) in [6, 6.07) is 8.82. The Morgan fingerprint density at radius 1 is 0.975 bits per heavy atom. The Morgan fingerprint density at radius 2 is 1.65 bits per heavy atom. The van der Waals surface area contributed by atoms with E-state index in [4.69, 9.17) is 0 Å². The van der Waals surface area contributed by atoms with Gasteiger partial charge in [-0.3, -0.25) is 19.2 Å². The fraction of sp³-hybridized carbons (Fsp3) is 0.611. The van der Waals surface area contributed by atoms with Gasteiger partial charge in [0.25, 0.3) is 0 Å². The molecule has 0 aromatic heterocycles. The van der Waals surface area contributed by atoms with Crippen LogP contribution in [0.5, 0.6) is 0 Å². The van der Waals surface area contributed by atoms with Crippen LogP contribution in [0.3, 0.4) is 0 Å². The Kier molecular flexibility index (Phi) is 6.83. The average molecular weight is 543 g/mol. The Labute approximate surface area is 240 Å². The van der Waals surface area contributed by atoms with Crippen LogP contribution in [0.1, 0.15) is 104 Å². The van der Waals surface area contributed by atoms with Crippen molar-refractivity contribution < 1.29 is 19.2 Å². The molecule has 1 spiro atoms. The van der Waals surface area contributed by atoms with Gasteiger partial charge in [0.2, 0.25) is 0 Å². The molecule has 6 rings (SSSR count). The Bertz CT molecular complexity index is 1310. The summed E-state index contributed by atoms with van der Waals surface area (Å²) in [5.74, 6) is -1.14. The van der Waals surface area contributed by atoms with Gasteiger partial charge < -0.3 is 0 Å². The molecule has 0 unspecified atom stereocenters. The Morgan fingerprint density at radius 3 is 2.30 bits per heavy atom. The van der Waals surface area contributed by atoms with Gasteiger partial charge in [-0.05, 0) is 80.5 Å². The molecule has 0 amide bonds. The molecule has 1 aromatic carbocycles. The van der Waals surface area contributed by atoms with Gasteiger partial charge >= 0.3 is 0 Å². The molecule has 5 fully saturated rings. The minimum atomic E-state index is -1.85. The average Bonchev–Trinajstić information content (AvgIpc) is 3.08. The van der Waals surface area contributed by atoms with Crippen LogP contribution in [0.25, 0.3) is 0 Å². The molecule has 5 aliphatic rings. The van der Waals surface area contributed by atoms with Crippen LogP contribution < -0.4 is 0 Å². The number of Topliss-reactive ketones (excluding diaryl/α,β-unsaturated/α-hetero) is 4. The minimum absolute atomic E-state index is 0.0832. The maximum atomic E-state index is 15.1. The van der Waals surface area contributed by atoms with Gasteiger partial charge in [-0.1, -0.05) is 95.7 Å². The first-order chi connectivity index (χ1) is 18.7. The van der Waals surface area contributed by atoms with Crippen LogP contribution in [0.15, 0.2) is 54.1 Å². The van der Waals surface area contributed by atoms with E-state index in [1.54, 1.807) is 24.3 Å². The molecule has 5 saturated carbocycles. The second-order valence-corrected chi connectivity index (χ2v) is 14.9. The highest BCUT2D eigenvalue weighted by molar-refractivity contribution is 6.42. The van der Waals surface area contributed by atoms with E-state index in [9.17, 15) is 9.59 Å². The standard InChI is InChI=1S/C36H46O4/c1-23(2)13-11-12-14-24(3)17-18-34-22-26-21-27-32(4,5)19-20-35(27,29(34)38)31(40)36(30(34)39,33(26,6)7)28(37)25-15-9-8-10-16-25/h8-11,13,15-17,23,26-27H,12,14,18-22H2,1-7H3/b13-11+,24-17+/t26-,27+,34+,35-,36+/m1/s1. The molecule has 1 aromatic rings. The second kappa shape index (κ2) is 9.46. The Hall–Kier alpha value is -2.62. The summed E-state index contributed by atoms with van der Waals surface area (Å²) >= 11 is 0. The molecule has 4 bridgehead atoms. The van der Waals surface area contributed by atoms with Crippen molar-refractivity contribution in [3.63, 3.8) is 0 Å². The highest BCUT2D eigenvalue weighted by atomic mass is 16.2. The summed E-state index contributed by atoms with van der Waals surface area (Å²) in [7, 11) is 0. The quantitative estimate of drug-likeness (QED) is 0.191. The lowest BCUT2D eigenvalue weighted by Crippen LogP contribution is -2.75. The molecule has 0 heterocycles. The van der Waals surface area contributed by atoms with E-state index in [1.807, 2.05) is 19.9 Å². The second-order valence-electron chi connectivity index (χ2n) is 14.9. The van der Waals surface area contributed by atoms with Crippen LogP contribution >= 0.6 is 0 Å². The lowest BCUT2D eigenvalue weighted by molar-refractivity contribution is -0.181. The third-order valence-corrected chi connectivity index (χ3v) is 11.6. The Balaban J connectivity index is 1.69. The van der Waals surface area contributed by atoms with Crippen LogP contribution in [0, 0.1) is 44.8 Å². The van der Waals surface area contributed by atoms with Crippen molar-refractivity contribution in [1.82, 2.24) is 0 Å². The van der Waals surface area contributed by atoms with Gasteiger partial charge in [-0.15, -0.1) is 0 Å². The van der Waals surface area contributed by atoms with Crippen LogP contribution in [-0.4, -0.2) is 23.1 Å². The van der Waals surface area contributed by atoms with E-state index < -0.39 is 33.2 Å². The van der Waals surface area contributed by atoms with E-state index in [0.29, 0.717) is 30.7 Å². The van der Waals surface area contributed by atoms with E-state index in [-0.39, 0.29) is 35.2 Å². The highest BCUT2D eigenvalue weighted by Gasteiger charge is 2.85. The third kappa shape index (κ3) is 3.63. The largest absolute Gasteiger partial charge is 0.297 e. The first-order valence-corrected chi connectivity index (χ1v) is 15.3. The molecular formula is C36H46O4. The summed E-state index contributed by atoms with van der Waals surface area (Å²) in [5.41, 5.74) is -4.02. The number of ketones is 4. The van der Waals surface area contributed by atoms with Gasteiger partial charge in [0.05, 0.1) is 10.8 Å². The topological polar surface area (TPSA) is 68.3 Å². The maximum Gasteiger partial charge on any atom is 0.184 e. The van der Waals surface area contributed by atoms with E-state index in [0.717, 1.165) is 24.8 Å². The number of benzene rings is 1. The van der Waals surface area contributed by atoms with Crippen molar-refractivity contribution in [2.75, 3.05) is 0 Å². The van der Waals surface area contributed by atoms with Gasteiger partial charge in [0, 0.05) is 5.56 Å². The molecular weight excluding hydrogens is 496 g/mol. The van der Waals surface area contributed by atoms with Crippen molar-refractivity contribution in [2.45, 2.75) is 93.4 Å². The van der Waals surface area contributed by atoms with Crippen molar-refractivity contribution in [3.05, 3.63) is 59.7 Å². The molecule has 0 saturated heterocycles. The molecule has 0 radical (unpaired) electrons. The zero-order valence-electron chi connectivity index (χ0n) is 25.4. The first kappa shape index (κ1) is 28.9. The lowest BCUT2D eigenvalue weighted by Gasteiger charge is -2.60. The predicted molar refractivity (Wildman–Crippen MR) is 158 cm³/mol. The molecule has 5 aliphatic carbocycles. The van der Waals surface area contributed by atoms with Crippen molar-refractivity contribution in [3.8, 4) is 0 Å². The summed E-state index contributed by atoms with van der Waals surface area (Å²) in [5, 5.41) is 0. The minimum Gasteiger partial charge on any atom is -0.297 e. The van der Waals surface area contributed by atoms with Gasteiger partial charge in [-0.2, -0.15) is 0 Å². The monoisotopic (exact) mass is 542 g/mol. The summed E-state index contributed by atoms with van der Waals surface area (Å²) in [6.07, 6.45) is 10.8. The number of rotatable bonds is 8. The number of hydrogen-bond acceptors (Lipinski definition) is 4. The van der Waals surface area contributed by atoms with Crippen molar-refractivity contribution in [2.24, 2.45) is 44.8 Å². The van der Waals surface area contributed by atoms with E-state index in [2.05, 4.69) is 52.8 Å². The normalized spacial score (nSPS) is 36.0. The molecule has 214 valence electrons. The zero-order chi connectivity index (χ0) is 29.3. The molecule has 4 heteroatoms. The number of hydrogen-bond donors (Lipinski definition) is 0.